The van der Waals surface area contributed by atoms with Gasteiger partial charge in [-0.3, -0.25) is 4.40 Å². The van der Waals surface area contributed by atoms with Crippen molar-refractivity contribution in [3.05, 3.63) is 47.1 Å². The SMILES string of the molecule is Cc1sc2nc(-c3ccccc3)n3cnnc3c2c1C. The molecule has 1 aromatic carbocycles. The summed E-state index contributed by atoms with van der Waals surface area (Å²) in [4.78, 5) is 7.14. The third-order valence-corrected chi connectivity index (χ3v) is 4.71. The van der Waals surface area contributed by atoms with Crippen LogP contribution >= 0.6 is 11.3 Å². The highest BCUT2D eigenvalue weighted by atomic mass is 32.1. The molecule has 20 heavy (non-hydrogen) atoms. The van der Waals surface area contributed by atoms with Crippen LogP contribution in [0, 0.1) is 13.8 Å². The van der Waals surface area contributed by atoms with E-state index in [0.717, 1.165) is 27.3 Å². The molecule has 0 spiro atoms. The molecule has 3 heterocycles. The summed E-state index contributed by atoms with van der Waals surface area (Å²) >= 11 is 1.71. The molecule has 98 valence electrons. The van der Waals surface area contributed by atoms with Gasteiger partial charge in [0.15, 0.2) is 5.65 Å². The first-order valence-corrected chi connectivity index (χ1v) is 7.22. The number of thiophene rings is 1. The second-order valence-corrected chi connectivity index (χ2v) is 5.99. The summed E-state index contributed by atoms with van der Waals surface area (Å²) in [5.74, 6) is 0.888. The predicted octanol–water partition coefficient (Wildman–Crippen LogP) is 3.62. The van der Waals surface area contributed by atoms with Crippen molar-refractivity contribution in [2.45, 2.75) is 13.8 Å². The zero-order valence-electron chi connectivity index (χ0n) is 11.2. The first-order valence-electron chi connectivity index (χ1n) is 6.40. The number of hydrogen-bond acceptors (Lipinski definition) is 4. The minimum absolute atomic E-state index is 0.885. The Labute approximate surface area is 119 Å². The van der Waals surface area contributed by atoms with E-state index in [-0.39, 0.29) is 0 Å². The van der Waals surface area contributed by atoms with Crippen LogP contribution in [-0.4, -0.2) is 19.6 Å². The summed E-state index contributed by atoms with van der Waals surface area (Å²) in [6, 6.07) is 10.2. The maximum atomic E-state index is 4.83. The second-order valence-electron chi connectivity index (χ2n) is 4.79. The Balaban J connectivity index is 2.18. The maximum absolute atomic E-state index is 4.83. The maximum Gasteiger partial charge on any atom is 0.172 e. The number of benzene rings is 1. The van der Waals surface area contributed by atoms with Crippen molar-refractivity contribution in [1.82, 2.24) is 19.6 Å². The van der Waals surface area contributed by atoms with Crippen molar-refractivity contribution in [3.8, 4) is 11.4 Å². The quantitative estimate of drug-likeness (QED) is 0.535. The molecular weight excluding hydrogens is 268 g/mol. The highest BCUT2D eigenvalue weighted by molar-refractivity contribution is 7.18. The van der Waals surface area contributed by atoms with Gasteiger partial charge in [0, 0.05) is 10.4 Å². The Morgan fingerprint density at radius 3 is 2.70 bits per heavy atom. The summed E-state index contributed by atoms with van der Waals surface area (Å²) in [6.45, 7) is 4.24. The molecule has 0 bridgehead atoms. The minimum Gasteiger partial charge on any atom is -0.264 e. The van der Waals surface area contributed by atoms with Crippen LogP contribution in [0.25, 0.3) is 27.3 Å². The molecule has 3 aromatic heterocycles. The first kappa shape index (κ1) is 11.5. The van der Waals surface area contributed by atoms with Gasteiger partial charge in [0.25, 0.3) is 0 Å². The lowest BCUT2D eigenvalue weighted by Crippen LogP contribution is -1.95. The van der Waals surface area contributed by atoms with Gasteiger partial charge in [-0.25, -0.2) is 4.98 Å². The van der Waals surface area contributed by atoms with Gasteiger partial charge < -0.3 is 0 Å². The van der Waals surface area contributed by atoms with Gasteiger partial charge in [0.05, 0.1) is 5.39 Å². The highest BCUT2D eigenvalue weighted by Gasteiger charge is 2.16. The van der Waals surface area contributed by atoms with E-state index in [1.807, 2.05) is 22.6 Å². The van der Waals surface area contributed by atoms with Crippen molar-refractivity contribution in [2.75, 3.05) is 0 Å². The molecule has 4 rings (SSSR count). The van der Waals surface area contributed by atoms with Gasteiger partial charge >= 0.3 is 0 Å². The van der Waals surface area contributed by atoms with Gasteiger partial charge in [-0.05, 0) is 19.4 Å². The molecule has 0 saturated heterocycles. The van der Waals surface area contributed by atoms with Gasteiger partial charge in [-0.2, -0.15) is 0 Å². The van der Waals surface area contributed by atoms with Crippen molar-refractivity contribution >= 4 is 27.2 Å². The van der Waals surface area contributed by atoms with Crippen LogP contribution in [0.1, 0.15) is 10.4 Å². The normalized spacial score (nSPS) is 11.5. The average molecular weight is 280 g/mol. The molecule has 0 aliphatic heterocycles. The number of fused-ring (bicyclic) bond motifs is 3. The summed E-state index contributed by atoms with van der Waals surface area (Å²) in [5.41, 5.74) is 3.20. The Kier molecular flexibility index (Phi) is 2.37. The summed E-state index contributed by atoms with van der Waals surface area (Å²) in [5, 5.41) is 9.47. The average Bonchev–Trinajstić information content (AvgIpc) is 3.05. The monoisotopic (exact) mass is 280 g/mol. The molecule has 0 fully saturated rings. The fourth-order valence-corrected chi connectivity index (χ4v) is 3.48. The topological polar surface area (TPSA) is 43.1 Å². The van der Waals surface area contributed by atoms with Crippen LogP contribution in [0.3, 0.4) is 0 Å². The molecule has 0 aliphatic carbocycles. The molecule has 0 saturated carbocycles. The van der Waals surface area contributed by atoms with Crippen LogP contribution in [-0.2, 0) is 0 Å². The van der Waals surface area contributed by atoms with E-state index < -0.39 is 0 Å². The molecule has 0 aliphatic rings. The molecule has 0 amide bonds. The molecule has 0 N–H and O–H groups in total. The van der Waals surface area contributed by atoms with Gasteiger partial charge in [0.1, 0.15) is 17.0 Å². The van der Waals surface area contributed by atoms with Crippen molar-refractivity contribution in [1.29, 1.82) is 0 Å². The van der Waals surface area contributed by atoms with E-state index in [4.69, 9.17) is 4.98 Å². The van der Waals surface area contributed by atoms with Crippen LogP contribution in [0.15, 0.2) is 36.7 Å². The molecular formula is C15H12N4S. The Morgan fingerprint density at radius 2 is 1.90 bits per heavy atom. The van der Waals surface area contributed by atoms with Crippen molar-refractivity contribution in [2.24, 2.45) is 0 Å². The van der Waals surface area contributed by atoms with E-state index >= 15 is 0 Å². The minimum atomic E-state index is 0.885. The Hall–Kier alpha value is -2.27. The van der Waals surface area contributed by atoms with Crippen LogP contribution in [0.5, 0.6) is 0 Å². The van der Waals surface area contributed by atoms with Crippen molar-refractivity contribution in [3.63, 3.8) is 0 Å². The van der Waals surface area contributed by atoms with E-state index in [9.17, 15) is 0 Å². The fraction of sp³-hybridized carbons (Fsp3) is 0.133. The van der Waals surface area contributed by atoms with E-state index in [1.54, 1.807) is 17.7 Å². The lowest BCUT2D eigenvalue weighted by atomic mass is 10.2. The molecule has 4 nitrogen and oxygen atoms in total. The zero-order valence-corrected chi connectivity index (χ0v) is 12.0. The van der Waals surface area contributed by atoms with Crippen LogP contribution < -0.4 is 0 Å². The van der Waals surface area contributed by atoms with Crippen LogP contribution in [0.4, 0.5) is 0 Å². The van der Waals surface area contributed by atoms with Gasteiger partial charge in [-0.15, -0.1) is 21.5 Å². The lowest BCUT2D eigenvalue weighted by molar-refractivity contribution is 1.09. The largest absolute Gasteiger partial charge is 0.264 e. The van der Waals surface area contributed by atoms with E-state index in [2.05, 4.69) is 36.2 Å². The van der Waals surface area contributed by atoms with Gasteiger partial charge in [0.2, 0.25) is 0 Å². The standard InChI is InChI=1S/C15H12N4S/c1-9-10(2)20-15-12(9)14-18-16-8-19(14)13(17-15)11-6-4-3-5-7-11/h3-8H,1-2H3. The second kappa shape index (κ2) is 4.11. The third kappa shape index (κ3) is 1.50. The number of rotatable bonds is 1. The molecule has 4 aromatic rings. The molecule has 0 atom stereocenters. The zero-order chi connectivity index (χ0) is 13.7. The lowest BCUT2D eigenvalue weighted by Gasteiger charge is -2.05. The van der Waals surface area contributed by atoms with Gasteiger partial charge in [-0.1, -0.05) is 30.3 Å². The summed E-state index contributed by atoms with van der Waals surface area (Å²) in [6.07, 6.45) is 1.73. The summed E-state index contributed by atoms with van der Waals surface area (Å²) in [7, 11) is 0. The number of aromatic nitrogens is 4. The third-order valence-electron chi connectivity index (χ3n) is 3.61. The smallest absolute Gasteiger partial charge is 0.172 e. The van der Waals surface area contributed by atoms with Crippen LogP contribution in [0.2, 0.25) is 0 Å². The number of hydrogen-bond donors (Lipinski definition) is 0. The summed E-state index contributed by atoms with van der Waals surface area (Å²) < 4.78 is 1.97. The highest BCUT2D eigenvalue weighted by Crippen LogP contribution is 2.33. The van der Waals surface area contributed by atoms with E-state index in [0.29, 0.717) is 0 Å². The van der Waals surface area contributed by atoms with Crippen molar-refractivity contribution < 1.29 is 0 Å². The number of nitrogens with zero attached hydrogens (tertiary/aromatic N) is 4. The molecule has 0 unspecified atom stereocenters. The Bertz CT molecular complexity index is 921. The first-order chi connectivity index (χ1) is 9.75. The predicted molar refractivity (Wildman–Crippen MR) is 81.1 cm³/mol. The molecule has 0 radical (unpaired) electrons. The fourth-order valence-electron chi connectivity index (χ4n) is 2.45. The number of aryl methyl sites for hydroxylation is 2. The molecule has 5 heteroatoms. The Morgan fingerprint density at radius 1 is 1.10 bits per heavy atom. The van der Waals surface area contributed by atoms with E-state index in [1.165, 1.54) is 10.4 Å².